The minimum Gasteiger partial charge on any atom is -0.353 e. The maximum absolute atomic E-state index is 13.9. The molecule has 3 heterocycles. The van der Waals surface area contributed by atoms with E-state index in [-0.39, 0.29) is 35.7 Å². The lowest BCUT2D eigenvalue weighted by Crippen LogP contribution is -2.49. The first-order valence-corrected chi connectivity index (χ1v) is 18.5. The van der Waals surface area contributed by atoms with Crippen LogP contribution in [-0.4, -0.2) is 69.1 Å². The third kappa shape index (κ3) is 9.03. The van der Waals surface area contributed by atoms with Gasteiger partial charge in [-0.3, -0.25) is 19.1 Å². The van der Waals surface area contributed by atoms with Crippen LogP contribution in [0.2, 0.25) is 0 Å². The predicted molar refractivity (Wildman–Crippen MR) is 199 cm³/mol. The number of carbonyl (C=O) groups excluding carboxylic acids is 4. The molecule has 0 atom stereocenters. The molecule has 1 fully saturated rings. The monoisotopic (exact) mass is 679 g/mol. The van der Waals surface area contributed by atoms with Crippen molar-refractivity contribution in [3.63, 3.8) is 0 Å². The van der Waals surface area contributed by atoms with Gasteiger partial charge in [-0.05, 0) is 94.4 Å². The van der Waals surface area contributed by atoms with E-state index in [1.54, 1.807) is 13.1 Å². The van der Waals surface area contributed by atoms with Crippen LogP contribution < -0.4 is 4.90 Å². The third-order valence-corrected chi connectivity index (χ3v) is 9.92. The number of carbonyl (C=O) groups is 4. The average molecular weight is 680 g/mol. The highest BCUT2D eigenvalue weighted by Crippen LogP contribution is 2.33. The van der Waals surface area contributed by atoms with Gasteiger partial charge in [-0.2, -0.15) is 5.10 Å². The van der Waals surface area contributed by atoms with E-state index < -0.39 is 0 Å². The lowest BCUT2D eigenvalue weighted by Gasteiger charge is -2.35. The molecule has 0 N–H and O–H groups in total. The second kappa shape index (κ2) is 17.0. The second-order valence-electron chi connectivity index (χ2n) is 14.3. The summed E-state index contributed by atoms with van der Waals surface area (Å²) in [5, 5.41) is 5.46. The molecular weight excluding hydrogens is 626 g/mol. The summed E-state index contributed by atoms with van der Waals surface area (Å²) in [7, 11) is 0. The number of rotatable bonds is 16. The Bertz CT molecular complexity index is 1770. The van der Waals surface area contributed by atoms with Crippen LogP contribution in [0.1, 0.15) is 122 Å². The van der Waals surface area contributed by atoms with E-state index >= 15 is 0 Å². The first kappa shape index (κ1) is 36.9. The van der Waals surface area contributed by atoms with E-state index in [2.05, 4.69) is 49.0 Å². The molecule has 2 aromatic heterocycles. The number of benzene rings is 1. The van der Waals surface area contributed by atoms with Crippen molar-refractivity contribution in [3.05, 3.63) is 65.0 Å². The Morgan fingerprint density at radius 1 is 0.880 bits per heavy atom. The van der Waals surface area contributed by atoms with Gasteiger partial charge in [0.05, 0.1) is 11.7 Å². The maximum Gasteiger partial charge on any atom is 0.222 e. The molecule has 9 nitrogen and oxygen atoms in total. The summed E-state index contributed by atoms with van der Waals surface area (Å²) in [6, 6.07) is 8.23. The Hall–Kier alpha value is -4.40. The van der Waals surface area contributed by atoms with Crippen molar-refractivity contribution >= 4 is 40.0 Å². The fourth-order valence-electron chi connectivity index (χ4n) is 7.19. The van der Waals surface area contributed by atoms with E-state index in [4.69, 9.17) is 4.98 Å². The van der Waals surface area contributed by atoms with Crippen LogP contribution in [0.15, 0.2) is 59.5 Å². The zero-order valence-corrected chi connectivity index (χ0v) is 30.6. The number of hydrogen-bond acceptors (Lipinski definition) is 7. The average Bonchev–Trinajstić information content (AvgIpc) is 3.53. The van der Waals surface area contributed by atoms with Crippen LogP contribution in [0.4, 0.5) is 5.82 Å². The molecule has 0 bridgehead atoms. The van der Waals surface area contributed by atoms with Crippen molar-refractivity contribution in [2.45, 2.75) is 111 Å². The van der Waals surface area contributed by atoms with Gasteiger partial charge in [0.1, 0.15) is 11.6 Å². The highest BCUT2D eigenvalue weighted by atomic mass is 16.2. The normalized spacial score (nSPS) is 15.3. The van der Waals surface area contributed by atoms with Crippen molar-refractivity contribution in [1.82, 2.24) is 19.7 Å². The molecule has 1 aromatic carbocycles. The van der Waals surface area contributed by atoms with Gasteiger partial charge in [-0.25, -0.2) is 4.98 Å². The number of nitrogens with zero attached hydrogens (tertiary/aromatic N) is 5. The Morgan fingerprint density at radius 3 is 2.28 bits per heavy atom. The van der Waals surface area contributed by atoms with Crippen molar-refractivity contribution in [1.29, 1.82) is 0 Å². The Morgan fingerprint density at radius 2 is 1.62 bits per heavy atom. The first-order chi connectivity index (χ1) is 24.0. The number of aromatic nitrogens is 3. The van der Waals surface area contributed by atoms with Crippen molar-refractivity contribution in [2.24, 2.45) is 0 Å². The van der Waals surface area contributed by atoms with E-state index in [0.717, 1.165) is 96.2 Å². The van der Waals surface area contributed by atoms with Crippen LogP contribution in [0.3, 0.4) is 0 Å². The summed E-state index contributed by atoms with van der Waals surface area (Å²) in [5.74, 6) is 1.45. The molecule has 0 unspecified atom stereocenters. The van der Waals surface area contributed by atoms with Gasteiger partial charge in [-0.15, -0.1) is 0 Å². The molecule has 1 amide bonds. The van der Waals surface area contributed by atoms with Crippen molar-refractivity contribution in [2.75, 3.05) is 31.1 Å². The van der Waals surface area contributed by atoms with Gasteiger partial charge < -0.3 is 14.6 Å². The summed E-state index contributed by atoms with van der Waals surface area (Å²) in [6.07, 6.45) is 13.7. The summed E-state index contributed by atoms with van der Waals surface area (Å²) < 4.78 is 1.95. The van der Waals surface area contributed by atoms with E-state index in [0.29, 0.717) is 44.3 Å². The topological polar surface area (TPSA) is 105 Å². The standard InChI is InChI=1S/C41H53N5O4/c1-6-11-31-22-29(4)23-39(49)34(31)15-16-38(48)35-24-33(25-37-36(35)27-43-46(37)28(2)3)32-14-17-40(42-26-32)44-18-20-45(21-19-44)41(50)13-10-8-7-9-12-30(5)47/h14,17,22,24-28H,6-13,15-16,18-21,23H2,1-5H3. The lowest BCUT2D eigenvalue weighted by atomic mass is 9.86. The largest absolute Gasteiger partial charge is 0.353 e. The number of unbranched alkanes of at least 4 members (excludes halogenated alkanes) is 3. The number of anilines is 1. The molecule has 50 heavy (non-hydrogen) atoms. The molecule has 3 aromatic rings. The molecular formula is C41H53N5O4. The number of pyridine rings is 1. The summed E-state index contributed by atoms with van der Waals surface area (Å²) >= 11 is 0. The van der Waals surface area contributed by atoms with E-state index in [9.17, 15) is 19.2 Å². The lowest BCUT2D eigenvalue weighted by molar-refractivity contribution is -0.131. The van der Waals surface area contributed by atoms with Crippen LogP contribution >= 0.6 is 0 Å². The van der Waals surface area contributed by atoms with E-state index in [1.807, 2.05) is 34.8 Å². The zero-order valence-electron chi connectivity index (χ0n) is 30.6. The summed E-state index contributed by atoms with van der Waals surface area (Å²) in [4.78, 5) is 59.8. The molecule has 266 valence electrons. The number of hydrogen-bond donors (Lipinski definition) is 0. The summed E-state index contributed by atoms with van der Waals surface area (Å²) in [6.45, 7) is 12.7. The van der Waals surface area contributed by atoms with Crippen LogP contribution in [-0.2, 0) is 14.4 Å². The number of fused-ring (bicyclic) bond motifs is 1. The number of amides is 1. The van der Waals surface area contributed by atoms with Crippen molar-refractivity contribution < 1.29 is 19.2 Å². The van der Waals surface area contributed by atoms with Gasteiger partial charge in [0, 0.05) is 80.6 Å². The highest BCUT2D eigenvalue weighted by Gasteiger charge is 2.24. The second-order valence-corrected chi connectivity index (χ2v) is 14.3. The highest BCUT2D eigenvalue weighted by molar-refractivity contribution is 6.09. The van der Waals surface area contributed by atoms with Crippen molar-refractivity contribution in [3.8, 4) is 11.1 Å². The van der Waals surface area contributed by atoms with Crippen LogP contribution in [0.25, 0.3) is 22.0 Å². The molecule has 2 aliphatic rings. The Labute approximate surface area is 296 Å². The van der Waals surface area contributed by atoms with Crippen LogP contribution in [0, 0.1) is 0 Å². The molecule has 0 radical (unpaired) electrons. The molecule has 1 aliphatic heterocycles. The number of Topliss-reactive ketones (excluding diaryl/α,β-unsaturated/α-hetero) is 3. The quantitative estimate of drug-likeness (QED) is 0.111. The minimum atomic E-state index is 0.00700. The fourth-order valence-corrected chi connectivity index (χ4v) is 7.19. The van der Waals surface area contributed by atoms with Gasteiger partial charge in [0.25, 0.3) is 0 Å². The third-order valence-electron chi connectivity index (χ3n) is 9.92. The molecule has 0 spiro atoms. The number of ketones is 3. The van der Waals surface area contributed by atoms with Gasteiger partial charge >= 0.3 is 0 Å². The molecule has 5 rings (SSSR count). The van der Waals surface area contributed by atoms with Gasteiger partial charge in [0.2, 0.25) is 5.91 Å². The fraction of sp³-hybridized carbons (Fsp3) is 0.512. The van der Waals surface area contributed by atoms with Crippen LogP contribution in [0.5, 0.6) is 0 Å². The molecule has 9 heteroatoms. The smallest absolute Gasteiger partial charge is 0.222 e. The molecule has 1 saturated heterocycles. The zero-order chi connectivity index (χ0) is 35.8. The van der Waals surface area contributed by atoms with Gasteiger partial charge in [-0.1, -0.05) is 37.8 Å². The number of piperazine rings is 1. The summed E-state index contributed by atoms with van der Waals surface area (Å²) in [5.41, 5.74) is 6.30. The minimum absolute atomic E-state index is 0.00700. The first-order valence-electron chi connectivity index (χ1n) is 18.5. The number of allylic oxidation sites excluding steroid dienone is 4. The predicted octanol–water partition coefficient (Wildman–Crippen LogP) is 8.24. The maximum atomic E-state index is 13.9. The Balaban J connectivity index is 1.27. The SMILES string of the molecule is CCCC1=C(CCC(=O)c2cc(-c3ccc(N4CCN(C(=O)CCCCCCC(C)=O)CC4)nc3)cc3c2cnn3C(C)C)C(=O)CC(C)=C1. The molecule has 0 saturated carbocycles. The Kier molecular flexibility index (Phi) is 12.5. The van der Waals surface area contributed by atoms with E-state index in [1.165, 1.54) is 0 Å². The molecule has 1 aliphatic carbocycles. The van der Waals surface area contributed by atoms with Gasteiger partial charge in [0.15, 0.2) is 11.6 Å².